The summed E-state index contributed by atoms with van der Waals surface area (Å²) in [6, 6.07) is 28.6. The highest BCUT2D eigenvalue weighted by atomic mass is 35.5. The van der Waals surface area contributed by atoms with E-state index in [4.69, 9.17) is 26.8 Å². The Morgan fingerprint density at radius 2 is 1.60 bits per heavy atom. The van der Waals surface area contributed by atoms with Crippen LogP contribution in [0.3, 0.4) is 0 Å². The zero-order valence-electron chi connectivity index (χ0n) is 40.4. The molecule has 72 heavy (non-hydrogen) atoms. The van der Waals surface area contributed by atoms with Crippen molar-refractivity contribution in [3.8, 4) is 22.6 Å². The van der Waals surface area contributed by atoms with E-state index in [9.17, 15) is 19.5 Å². The van der Waals surface area contributed by atoms with Crippen molar-refractivity contribution in [2.75, 3.05) is 57.4 Å². The highest BCUT2D eigenvalue weighted by Crippen LogP contribution is 2.56. The third-order valence-electron chi connectivity index (χ3n) is 15.2. The van der Waals surface area contributed by atoms with Gasteiger partial charge in [0.1, 0.15) is 18.2 Å². The second kappa shape index (κ2) is 20.6. The number of likely N-dealkylation sites (tertiary alicyclic amines) is 2. The number of aryl methyl sites for hydroxylation is 1. The molecule has 3 fully saturated rings. The van der Waals surface area contributed by atoms with Crippen molar-refractivity contribution in [2.45, 2.75) is 75.6 Å². The zero-order chi connectivity index (χ0) is 50.3. The Labute approximate surface area is 422 Å². The van der Waals surface area contributed by atoms with E-state index in [0.717, 1.165) is 81.4 Å². The fourth-order valence-electron chi connectivity index (χ4n) is 11.2. The number of nitrogens with one attached hydrogen (secondary N) is 2. The summed E-state index contributed by atoms with van der Waals surface area (Å²) in [5, 5.41) is 20.7. The van der Waals surface area contributed by atoms with Crippen LogP contribution >= 0.6 is 11.6 Å². The average molecular weight is 1000 g/mol. The lowest BCUT2D eigenvalue weighted by Gasteiger charge is -2.38. The molecule has 6 aromatic rings. The van der Waals surface area contributed by atoms with Gasteiger partial charge in [-0.25, -0.2) is 13.6 Å². The molecule has 5 heterocycles. The predicted octanol–water partition coefficient (Wildman–Crippen LogP) is 8.11. The largest absolute Gasteiger partial charge is 0.488 e. The molecule has 0 radical (unpaired) electrons. The van der Waals surface area contributed by atoms with Crippen molar-refractivity contribution in [3.63, 3.8) is 0 Å². The monoisotopic (exact) mass is 1000 g/mol. The third kappa shape index (κ3) is 9.53. The molecule has 4 aliphatic rings. The van der Waals surface area contributed by atoms with E-state index in [0.29, 0.717) is 30.4 Å². The minimum Gasteiger partial charge on any atom is -0.488 e. The summed E-state index contributed by atoms with van der Waals surface area (Å²) in [6.45, 7) is 7.57. The van der Waals surface area contributed by atoms with E-state index in [-0.39, 0.29) is 64.8 Å². The van der Waals surface area contributed by atoms with Crippen LogP contribution in [0, 0.1) is 11.6 Å². The maximum Gasteiger partial charge on any atom is 0.329 e. The Balaban J connectivity index is 0.750. The van der Waals surface area contributed by atoms with Crippen LogP contribution in [0.15, 0.2) is 91.0 Å². The van der Waals surface area contributed by atoms with Crippen molar-refractivity contribution in [1.29, 1.82) is 0 Å². The van der Waals surface area contributed by atoms with Crippen LogP contribution in [0.4, 0.5) is 19.4 Å². The highest BCUT2D eigenvalue weighted by Gasteiger charge is 2.50. The highest BCUT2D eigenvalue weighted by molar-refractivity contribution is 6.34. The Kier molecular flexibility index (Phi) is 14.1. The molecule has 1 aromatic heterocycles. The molecular weight excluding hydrogens is 942 g/mol. The van der Waals surface area contributed by atoms with Gasteiger partial charge in [-0.3, -0.25) is 34.3 Å². The van der Waals surface area contributed by atoms with Crippen LogP contribution in [0.2, 0.25) is 5.02 Å². The van der Waals surface area contributed by atoms with Crippen molar-refractivity contribution < 1.29 is 37.7 Å². The summed E-state index contributed by atoms with van der Waals surface area (Å²) < 4.78 is 46.4. The second-order valence-corrected chi connectivity index (χ2v) is 19.9. The van der Waals surface area contributed by atoms with Gasteiger partial charge in [0.25, 0.3) is 0 Å². The quantitative estimate of drug-likeness (QED) is 0.0790. The van der Waals surface area contributed by atoms with E-state index in [1.807, 2.05) is 49.0 Å². The van der Waals surface area contributed by atoms with E-state index < -0.39 is 35.1 Å². The number of aromatic nitrogens is 2. The van der Waals surface area contributed by atoms with Gasteiger partial charge in [-0.1, -0.05) is 79.2 Å². The maximum atomic E-state index is 16.5. The van der Waals surface area contributed by atoms with Crippen LogP contribution in [-0.4, -0.2) is 101 Å². The first kappa shape index (κ1) is 49.2. The molecule has 5 aromatic carbocycles. The number of carbonyl (C=O) groups is 3. The number of nitrogens with zero attached hydrogens (tertiary/aromatic N) is 5. The number of carbonyl (C=O) groups excluding carboxylic acids is 3. The minimum absolute atomic E-state index is 0.0274. The summed E-state index contributed by atoms with van der Waals surface area (Å²) in [5.41, 5.74) is 10.3. The first-order valence-corrected chi connectivity index (χ1v) is 25.2. The number of anilines is 1. The molecule has 10 rings (SSSR count). The molecule has 14 nitrogen and oxygen atoms in total. The van der Waals surface area contributed by atoms with Crippen LogP contribution in [0.5, 0.6) is 11.5 Å². The van der Waals surface area contributed by atoms with Crippen LogP contribution in [0.1, 0.15) is 89.0 Å². The average Bonchev–Trinajstić information content (AvgIpc) is 3.86. The van der Waals surface area contributed by atoms with Crippen LogP contribution in [0.25, 0.3) is 22.0 Å². The second-order valence-electron chi connectivity index (χ2n) is 19.6. The van der Waals surface area contributed by atoms with Gasteiger partial charge in [-0.15, -0.1) is 0 Å². The normalized spacial score (nSPS) is 20.2. The van der Waals surface area contributed by atoms with Crippen molar-refractivity contribution >= 4 is 46.2 Å². The summed E-state index contributed by atoms with van der Waals surface area (Å²) in [4.78, 5) is 43.6. The maximum absolute atomic E-state index is 16.5. The van der Waals surface area contributed by atoms with Gasteiger partial charge >= 0.3 is 6.03 Å². The number of hydrogen-bond donors (Lipinski definition) is 4. The molecule has 3 saturated heterocycles. The van der Waals surface area contributed by atoms with Crippen LogP contribution in [-0.2, 0) is 30.5 Å². The summed E-state index contributed by atoms with van der Waals surface area (Å²) >= 11 is 6.73. The number of primary amides is 1. The molecule has 0 aliphatic carbocycles. The number of rotatable bonds is 15. The fraction of sp³-hybridized carbons (Fsp3) is 0.382. The van der Waals surface area contributed by atoms with Gasteiger partial charge in [-0.2, -0.15) is 5.10 Å². The van der Waals surface area contributed by atoms with Gasteiger partial charge < -0.3 is 25.6 Å². The minimum atomic E-state index is -1.06. The number of nitrogens with two attached hydrogens (primary N) is 1. The molecule has 17 heteroatoms. The lowest BCUT2D eigenvalue weighted by molar-refractivity contribution is -0.120. The molecule has 0 bridgehead atoms. The number of amides is 4. The van der Waals surface area contributed by atoms with Crippen LogP contribution < -0.4 is 30.7 Å². The molecular formula is C55H59ClF2N8O6. The number of aliphatic hydroxyl groups is 1. The van der Waals surface area contributed by atoms with E-state index in [2.05, 4.69) is 68.0 Å². The number of aliphatic hydroxyl groups excluding tert-OH is 1. The Hall–Kier alpha value is -6.43. The number of piperidine rings is 2. The molecule has 5 N–H and O–H groups in total. The SMILES string of the molecule is CC1c2c(cc(F)c(Cl)c2-c2c(C(N)=O)ccc(OCCO)c2F)OC1(CNC1CCN(Cc2ccc(CN3CCC(c4ccc5c(N6CCC(=O)NC6=O)nn(C)c5c4)CC3)cc2)CC1)c1ccccc1. The number of halogens is 3. The van der Waals surface area contributed by atoms with Crippen molar-refractivity contribution in [3.05, 3.63) is 141 Å². The Bertz CT molecular complexity index is 3010. The number of imide groups is 1. The first-order chi connectivity index (χ1) is 34.8. The van der Waals surface area contributed by atoms with Gasteiger partial charge in [0, 0.05) is 79.8 Å². The first-order valence-electron chi connectivity index (χ1n) is 24.8. The number of fused-ring (bicyclic) bond motifs is 2. The van der Waals surface area contributed by atoms with E-state index in [1.165, 1.54) is 34.9 Å². The lowest BCUT2D eigenvalue weighted by atomic mass is 9.77. The van der Waals surface area contributed by atoms with Crippen molar-refractivity contribution in [2.24, 2.45) is 12.8 Å². The standard InChI is InChI=1S/C55H59ClF2N8O6/c1-33-47-45(29-42(57)50(56)49(47)48-41(52(59)69)14-15-44(51(48)58)71-27-26-67)72-55(33,38-6-4-3-5-7-38)32-60-39-18-23-65(24-19-39)31-35-10-8-34(9-11-35)30-64-21-16-36(17-22-64)37-12-13-40-43(28-37)63(2)62-53(40)66-25-20-46(68)61-54(66)70/h3-15,28-29,33,36,39,60,67H,16-27,30-32H2,1-2H3,(H2,59,69)(H,61,68,70). The smallest absolute Gasteiger partial charge is 0.329 e. The summed E-state index contributed by atoms with van der Waals surface area (Å²) in [7, 11) is 1.89. The summed E-state index contributed by atoms with van der Waals surface area (Å²) in [6.07, 6.45) is 4.16. The number of hydrogen-bond acceptors (Lipinski definition) is 10. The van der Waals surface area contributed by atoms with Crippen molar-refractivity contribution in [1.82, 2.24) is 30.2 Å². The number of urea groups is 1. The Morgan fingerprint density at radius 1 is 0.917 bits per heavy atom. The fourth-order valence-corrected chi connectivity index (χ4v) is 11.5. The zero-order valence-corrected chi connectivity index (χ0v) is 41.2. The molecule has 4 aliphatic heterocycles. The predicted molar refractivity (Wildman–Crippen MR) is 271 cm³/mol. The number of benzene rings is 5. The van der Waals surface area contributed by atoms with Gasteiger partial charge in [0.05, 0.1) is 22.7 Å². The molecule has 2 unspecified atom stereocenters. The molecule has 0 saturated carbocycles. The topological polar surface area (TPSA) is 168 Å². The molecule has 0 spiro atoms. The van der Waals surface area contributed by atoms with E-state index >= 15 is 8.78 Å². The Morgan fingerprint density at radius 3 is 2.25 bits per heavy atom. The summed E-state index contributed by atoms with van der Waals surface area (Å²) in [5.74, 6) is -2.53. The van der Waals surface area contributed by atoms with E-state index in [1.54, 1.807) is 4.90 Å². The van der Waals surface area contributed by atoms with Gasteiger partial charge in [0.2, 0.25) is 11.8 Å². The van der Waals surface area contributed by atoms with Gasteiger partial charge in [0.15, 0.2) is 23.0 Å². The lowest BCUT2D eigenvalue weighted by Crippen LogP contribution is -2.50. The third-order valence-corrected chi connectivity index (χ3v) is 15.6. The molecule has 4 amide bonds. The molecule has 376 valence electrons. The van der Waals surface area contributed by atoms with Gasteiger partial charge in [-0.05, 0) is 104 Å². The number of ether oxygens (including phenoxy) is 2. The molecule has 2 atom stereocenters.